The number of benzene rings is 1. The molecule has 0 atom stereocenters. The molecule has 1 heterocycles. The number of nitrogens with zero attached hydrogens (tertiary/aromatic N) is 1. The first-order chi connectivity index (χ1) is 9.19. The van der Waals surface area contributed by atoms with Gasteiger partial charge in [-0.15, -0.1) is 0 Å². The van der Waals surface area contributed by atoms with E-state index in [1.165, 1.54) is 5.56 Å². The van der Waals surface area contributed by atoms with Crippen molar-refractivity contribution in [2.75, 3.05) is 0 Å². The molecule has 3 heteroatoms. The fraction of sp³-hybridized carbons (Fsp3) is 0.312. The Bertz CT molecular complexity index is 521. The van der Waals surface area contributed by atoms with Crippen molar-refractivity contribution < 1.29 is 4.74 Å². The lowest BCUT2D eigenvalue weighted by Gasteiger charge is -2.09. The third kappa shape index (κ3) is 3.80. The maximum atomic E-state index is 5.76. The van der Waals surface area contributed by atoms with Crippen molar-refractivity contribution in [2.45, 2.75) is 32.9 Å². The smallest absolute Gasteiger partial charge is 0.119 e. The van der Waals surface area contributed by atoms with Gasteiger partial charge < -0.3 is 10.5 Å². The normalized spacial score (nSPS) is 10.7. The van der Waals surface area contributed by atoms with Crippen molar-refractivity contribution in [1.82, 2.24) is 4.98 Å². The molecule has 100 valence electrons. The summed E-state index contributed by atoms with van der Waals surface area (Å²) in [5.74, 6) is 1.43. The zero-order valence-corrected chi connectivity index (χ0v) is 11.5. The largest absolute Gasteiger partial charge is 0.489 e. The third-order valence-corrected chi connectivity index (χ3v) is 3.04. The van der Waals surface area contributed by atoms with Crippen LogP contribution < -0.4 is 10.5 Å². The Labute approximate surface area is 114 Å². The maximum Gasteiger partial charge on any atom is 0.119 e. The number of nitrogens with two attached hydrogens (primary N) is 1. The topological polar surface area (TPSA) is 48.1 Å². The summed E-state index contributed by atoms with van der Waals surface area (Å²) in [5, 5.41) is 0. The van der Waals surface area contributed by atoms with Gasteiger partial charge in [0.05, 0.1) is 5.69 Å². The first-order valence-electron chi connectivity index (χ1n) is 6.55. The molecule has 0 amide bonds. The maximum absolute atomic E-state index is 5.76. The Morgan fingerprint density at radius 1 is 1.16 bits per heavy atom. The summed E-state index contributed by atoms with van der Waals surface area (Å²) in [6, 6.07) is 12.2. The molecule has 1 aromatic carbocycles. The fourth-order valence-electron chi connectivity index (χ4n) is 1.85. The lowest BCUT2D eigenvalue weighted by atomic mass is 10.0. The van der Waals surface area contributed by atoms with E-state index in [-0.39, 0.29) is 0 Å². The van der Waals surface area contributed by atoms with Gasteiger partial charge in [-0.3, -0.25) is 4.98 Å². The molecule has 0 aliphatic rings. The number of pyridine rings is 1. The van der Waals surface area contributed by atoms with E-state index in [2.05, 4.69) is 31.0 Å². The van der Waals surface area contributed by atoms with Gasteiger partial charge in [0.1, 0.15) is 12.4 Å². The van der Waals surface area contributed by atoms with E-state index in [1.807, 2.05) is 24.3 Å². The predicted octanol–water partition coefficient (Wildman–Crippen LogP) is 3.24. The minimum absolute atomic E-state index is 0.455. The minimum Gasteiger partial charge on any atom is -0.489 e. The van der Waals surface area contributed by atoms with Crippen LogP contribution in [-0.4, -0.2) is 4.98 Å². The summed E-state index contributed by atoms with van der Waals surface area (Å²) in [5.41, 5.74) is 8.86. The number of hydrogen-bond donors (Lipinski definition) is 1. The molecular formula is C16H20N2O. The Kier molecular flexibility index (Phi) is 4.53. The van der Waals surface area contributed by atoms with Crippen LogP contribution in [0.3, 0.4) is 0 Å². The van der Waals surface area contributed by atoms with Gasteiger partial charge in [0.25, 0.3) is 0 Å². The van der Waals surface area contributed by atoms with E-state index in [0.717, 1.165) is 17.0 Å². The van der Waals surface area contributed by atoms with Crippen molar-refractivity contribution >= 4 is 0 Å². The molecule has 2 aromatic rings. The molecule has 0 aliphatic carbocycles. The van der Waals surface area contributed by atoms with Crippen molar-refractivity contribution in [3.8, 4) is 5.75 Å². The molecule has 0 spiro atoms. The summed E-state index contributed by atoms with van der Waals surface area (Å²) >= 11 is 0. The molecule has 0 radical (unpaired) electrons. The molecule has 2 N–H and O–H groups in total. The van der Waals surface area contributed by atoms with E-state index >= 15 is 0 Å². The average Bonchev–Trinajstić information content (AvgIpc) is 2.46. The molecule has 0 bridgehead atoms. The predicted molar refractivity (Wildman–Crippen MR) is 77.0 cm³/mol. The Morgan fingerprint density at radius 2 is 1.89 bits per heavy atom. The molecular weight excluding hydrogens is 236 g/mol. The number of rotatable bonds is 5. The summed E-state index contributed by atoms with van der Waals surface area (Å²) < 4.78 is 5.76. The minimum atomic E-state index is 0.455. The Hall–Kier alpha value is -1.87. The second-order valence-electron chi connectivity index (χ2n) is 4.87. The van der Waals surface area contributed by atoms with Gasteiger partial charge in [-0.05, 0) is 41.3 Å². The van der Waals surface area contributed by atoms with Crippen LogP contribution in [0.5, 0.6) is 5.75 Å². The number of aromatic nitrogens is 1. The lowest BCUT2D eigenvalue weighted by molar-refractivity contribution is 0.306. The Morgan fingerprint density at radius 3 is 2.53 bits per heavy atom. The van der Waals surface area contributed by atoms with Crippen LogP contribution in [0, 0.1) is 0 Å². The van der Waals surface area contributed by atoms with E-state index in [1.54, 1.807) is 6.20 Å². The van der Waals surface area contributed by atoms with Crippen LogP contribution in [0.2, 0.25) is 0 Å². The SMILES string of the molecule is CC(C)c1ccc(OCc2ccnc(CN)c2)cc1. The van der Waals surface area contributed by atoms with E-state index in [4.69, 9.17) is 10.5 Å². The first kappa shape index (κ1) is 13.6. The number of ether oxygens (including phenoxy) is 1. The highest BCUT2D eigenvalue weighted by atomic mass is 16.5. The zero-order valence-electron chi connectivity index (χ0n) is 11.5. The van der Waals surface area contributed by atoms with Gasteiger partial charge in [-0.2, -0.15) is 0 Å². The van der Waals surface area contributed by atoms with Crippen LogP contribution in [0.4, 0.5) is 0 Å². The Balaban J connectivity index is 1.98. The van der Waals surface area contributed by atoms with Crippen LogP contribution in [-0.2, 0) is 13.2 Å². The molecule has 3 nitrogen and oxygen atoms in total. The van der Waals surface area contributed by atoms with Gasteiger partial charge >= 0.3 is 0 Å². The summed E-state index contributed by atoms with van der Waals surface area (Å²) in [4.78, 5) is 4.16. The monoisotopic (exact) mass is 256 g/mol. The van der Waals surface area contributed by atoms with Crippen LogP contribution >= 0.6 is 0 Å². The van der Waals surface area contributed by atoms with Gasteiger partial charge in [0, 0.05) is 12.7 Å². The van der Waals surface area contributed by atoms with Crippen LogP contribution in [0.25, 0.3) is 0 Å². The zero-order chi connectivity index (χ0) is 13.7. The summed E-state index contributed by atoms with van der Waals surface area (Å²) in [7, 11) is 0. The quantitative estimate of drug-likeness (QED) is 0.893. The standard InChI is InChI=1S/C16H20N2O/c1-12(2)14-3-5-16(6-4-14)19-11-13-7-8-18-15(9-13)10-17/h3-9,12H,10-11,17H2,1-2H3. The van der Waals surface area contributed by atoms with Gasteiger partial charge in [0.2, 0.25) is 0 Å². The van der Waals surface area contributed by atoms with E-state index in [9.17, 15) is 0 Å². The van der Waals surface area contributed by atoms with Gasteiger partial charge in [0.15, 0.2) is 0 Å². The van der Waals surface area contributed by atoms with Crippen molar-refractivity contribution in [1.29, 1.82) is 0 Å². The summed E-state index contributed by atoms with van der Waals surface area (Å²) in [6.07, 6.45) is 1.77. The fourth-order valence-corrected chi connectivity index (χ4v) is 1.85. The second-order valence-corrected chi connectivity index (χ2v) is 4.87. The lowest BCUT2D eigenvalue weighted by Crippen LogP contribution is -2.02. The van der Waals surface area contributed by atoms with E-state index < -0.39 is 0 Å². The average molecular weight is 256 g/mol. The number of hydrogen-bond acceptors (Lipinski definition) is 3. The molecule has 1 aromatic heterocycles. The van der Waals surface area contributed by atoms with Gasteiger partial charge in [-0.25, -0.2) is 0 Å². The summed E-state index contributed by atoms with van der Waals surface area (Å²) in [6.45, 7) is 5.36. The van der Waals surface area contributed by atoms with Gasteiger partial charge in [-0.1, -0.05) is 26.0 Å². The second kappa shape index (κ2) is 6.34. The molecule has 0 unspecified atom stereocenters. The molecule has 0 saturated heterocycles. The molecule has 0 fully saturated rings. The highest BCUT2D eigenvalue weighted by Crippen LogP contribution is 2.19. The van der Waals surface area contributed by atoms with Crippen molar-refractivity contribution in [2.24, 2.45) is 5.73 Å². The molecule has 0 aliphatic heterocycles. The molecule has 0 saturated carbocycles. The highest BCUT2D eigenvalue weighted by Gasteiger charge is 2.01. The highest BCUT2D eigenvalue weighted by molar-refractivity contribution is 5.29. The van der Waals surface area contributed by atoms with Crippen LogP contribution in [0.1, 0.15) is 36.6 Å². The molecule has 19 heavy (non-hydrogen) atoms. The van der Waals surface area contributed by atoms with Crippen molar-refractivity contribution in [3.63, 3.8) is 0 Å². The van der Waals surface area contributed by atoms with E-state index in [0.29, 0.717) is 19.1 Å². The molecule has 2 rings (SSSR count). The third-order valence-electron chi connectivity index (χ3n) is 3.04. The van der Waals surface area contributed by atoms with Crippen molar-refractivity contribution in [3.05, 3.63) is 59.4 Å². The first-order valence-corrected chi connectivity index (χ1v) is 6.55. The van der Waals surface area contributed by atoms with Crippen LogP contribution in [0.15, 0.2) is 42.6 Å².